The maximum Gasteiger partial charge on any atom is 0.140 e. The Balaban J connectivity index is 1.98. The summed E-state index contributed by atoms with van der Waals surface area (Å²) >= 11 is 1.62. The molecule has 16 heavy (non-hydrogen) atoms. The monoisotopic (exact) mass is 230 g/mol. The molecule has 0 spiro atoms. The molecule has 2 aromatic rings. The lowest BCUT2D eigenvalue weighted by atomic mass is 10.1. The van der Waals surface area contributed by atoms with Gasteiger partial charge in [-0.25, -0.2) is 0 Å². The Bertz CT molecular complexity index is 529. The summed E-state index contributed by atoms with van der Waals surface area (Å²) in [6.45, 7) is 0. The lowest BCUT2D eigenvalue weighted by molar-refractivity contribution is 0.193. The Morgan fingerprint density at radius 3 is 2.81 bits per heavy atom. The molecule has 0 amide bonds. The number of hydrogen-bond acceptors (Lipinski definition) is 3. The zero-order valence-electron chi connectivity index (χ0n) is 8.46. The Kier molecular flexibility index (Phi) is 2.27. The second-order valence-corrected chi connectivity index (χ2v) is 4.58. The average molecular weight is 230 g/mol. The third-order valence-electron chi connectivity index (χ3n) is 2.54. The summed E-state index contributed by atoms with van der Waals surface area (Å²) in [5.74, 6) is 1.35. The number of para-hydroxylation sites is 1. The molecule has 0 bridgehead atoms. The zero-order chi connectivity index (χ0) is 11.0. The molecule has 2 heterocycles. The first-order valence-corrected chi connectivity index (χ1v) is 5.92. The van der Waals surface area contributed by atoms with E-state index in [-0.39, 0.29) is 0 Å². The highest BCUT2D eigenvalue weighted by Gasteiger charge is 2.26. The number of fused-ring (bicyclic) bond motifs is 1. The van der Waals surface area contributed by atoms with Crippen molar-refractivity contribution < 1.29 is 9.84 Å². The summed E-state index contributed by atoms with van der Waals surface area (Å²) < 4.78 is 5.61. The SMILES string of the molecule is OC1C(=Cc2cccs2)Oc2ccccc21. The van der Waals surface area contributed by atoms with Crippen molar-refractivity contribution >= 4 is 17.4 Å². The standard InChI is InChI=1S/C13H10O2S/c14-13-10-5-1-2-6-11(10)15-12(13)8-9-4-3-7-16-9/h1-8,13-14H. The summed E-state index contributed by atoms with van der Waals surface area (Å²) in [7, 11) is 0. The highest BCUT2D eigenvalue weighted by Crippen LogP contribution is 2.39. The molecule has 1 N–H and O–H groups in total. The first-order chi connectivity index (χ1) is 7.84. The predicted molar refractivity (Wildman–Crippen MR) is 64.3 cm³/mol. The van der Waals surface area contributed by atoms with Gasteiger partial charge in [0.25, 0.3) is 0 Å². The van der Waals surface area contributed by atoms with E-state index in [9.17, 15) is 5.11 Å². The van der Waals surface area contributed by atoms with Crippen molar-refractivity contribution in [2.45, 2.75) is 6.10 Å². The van der Waals surface area contributed by atoms with Crippen molar-refractivity contribution in [2.75, 3.05) is 0 Å². The minimum Gasteiger partial charge on any atom is -0.458 e. The van der Waals surface area contributed by atoms with Gasteiger partial charge in [-0.3, -0.25) is 0 Å². The molecule has 1 unspecified atom stereocenters. The Morgan fingerprint density at radius 2 is 2.06 bits per heavy atom. The van der Waals surface area contributed by atoms with E-state index in [1.807, 2.05) is 47.9 Å². The quantitative estimate of drug-likeness (QED) is 0.815. The smallest absolute Gasteiger partial charge is 0.140 e. The summed E-state index contributed by atoms with van der Waals surface area (Å²) in [5, 5.41) is 12.1. The van der Waals surface area contributed by atoms with Crippen molar-refractivity contribution in [3.8, 4) is 5.75 Å². The van der Waals surface area contributed by atoms with Gasteiger partial charge in [-0.2, -0.15) is 0 Å². The van der Waals surface area contributed by atoms with Crippen LogP contribution in [0.3, 0.4) is 0 Å². The second-order valence-electron chi connectivity index (χ2n) is 3.60. The first kappa shape index (κ1) is 9.63. The van der Waals surface area contributed by atoms with Gasteiger partial charge in [-0.05, 0) is 23.6 Å². The lowest BCUT2D eigenvalue weighted by Gasteiger charge is -2.01. The van der Waals surface area contributed by atoms with Crippen molar-refractivity contribution in [3.05, 3.63) is 58.0 Å². The van der Waals surface area contributed by atoms with E-state index in [0.29, 0.717) is 5.76 Å². The molecule has 3 heteroatoms. The van der Waals surface area contributed by atoms with Gasteiger partial charge in [0.15, 0.2) is 0 Å². The topological polar surface area (TPSA) is 29.5 Å². The number of aliphatic hydroxyl groups is 1. The summed E-state index contributed by atoms with van der Waals surface area (Å²) in [5.41, 5.74) is 0.838. The highest BCUT2D eigenvalue weighted by molar-refractivity contribution is 7.10. The van der Waals surface area contributed by atoms with Crippen LogP contribution in [0, 0.1) is 0 Å². The van der Waals surface area contributed by atoms with E-state index < -0.39 is 6.10 Å². The number of ether oxygens (including phenoxy) is 1. The van der Waals surface area contributed by atoms with Crippen molar-refractivity contribution in [1.29, 1.82) is 0 Å². The van der Waals surface area contributed by atoms with Crippen LogP contribution in [0.15, 0.2) is 47.5 Å². The first-order valence-electron chi connectivity index (χ1n) is 5.04. The predicted octanol–water partition coefficient (Wildman–Crippen LogP) is 3.22. The number of aliphatic hydroxyl groups excluding tert-OH is 1. The normalized spacial score (nSPS) is 20.8. The van der Waals surface area contributed by atoms with Crippen molar-refractivity contribution in [1.82, 2.24) is 0 Å². The molecule has 0 saturated carbocycles. The van der Waals surface area contributed by atoms with Crippen molar-refractivity contribution in [2.24, 2.45) is 0 Å². The molecule has 0 radical (unpaired) electrons. The molecule has 1 aliphatic heterocycles. The van der Waals surface area contributed by atoms with E-state index in [1.165, 1.54) is 0 Å². The molecular formula is C13H10O2S. The molecule has 2 nitrogen and oxygen atoms in total. The van der Waals surface area contributed by atoms with Crippen LogP contribution < -0.4 is 4.74 Å². The van der Waals surface area contributed by atoms with Gasteiger partial charge in [0.2, 0.25) is 0 Å². The number of hydrogen-bond donors (Lipinski definition) is 1. The number of thiophene rings is 1. The van der Waals surface area contributed by atoms with Crippen molar-refractivity contribution in [3.63, 3.8) is 0 Å². The minimum atomic E-state index is -0.640. The fraction of sp³-hybridized carbons (Fsp3) is 0.0769. The summed E-state index contributed by atoms with van der Waals surface area (Å²) in [6.07, 6.45) is 1.24. The molecule has 0 fully saturated rings. The number of benzene rings is 1. The van der Waals surface area contributed by atoms with E-state index in [2.05, 4.69) is 0 Å². The van der Waals surface area contributed by atoms with Crippen LogP contribution in [-0.4, -0.2) is 5.11 Å². The Morgan fingerprint density at radius 1 is 1.19 bits per heavy atom. The third kappa shape index (κ3) is 1.54. The van der Waals surface area contributed by atoms with Crippen LogP contribution in [0.25, 0.3) is 6.08 Å². The third-order valence-corrected chi connectivity index (χ3v) is 3.36. The molecule has 3 rings (SSSR count). The number of rotatable bonds is 1. The Labute approximate surface area is 97.4 Å². The maximum absolute atomic E-state index is 10.1. The summed E-state index contributed by atoms with van der Waals surface area (Å²) in [6, 6.07) is 11.5. The van der Waals surface area contributed by atoms with Crippen LogP contribution in [0.5, 0.6) is 5.75 Å². The molecule has 1 aliphatic rings. The van der Waals surface area contributed by atoms with Gasteiger partial charge < -0.3 is 9.84 Å². The van der Waals surface area contributed by atoms with Crippen LogP contribution in [-0.2, 0) is 0 Å². The zero-order valence-corrected chi connectivity index (χ0v) is 9.28. The minimum absolute atomic E-state index is 0.601. The molecular weight excluding hydrogens is 220 g/mol. The van der Waals surface area contributed by atoms with Crippen LogP contribution in [0.2, 0.25) is 0 Å². The molecule has 80 valence electrons. The molecule has 1 aromatic carbocycles. The van der Waals surface area contributed by atoms with E-state index >= 15 is 0 Å². The summed E-state index contributed by atoms with van der Waals surface area (Å²) in [4.78, 5) is 1.09. The van der Waals surface area contributed by atoms with Gasteiger partial charge in [0.05, 0.1) is 0 Å². The van der Waals surface area contributed by atoms with E-state index in [4.69, 9.17) is 4.74 Å². The lowest BCUT2D eigenvalue weighted by Crippen LogP contribution is -1.96. The van der Waals surface area contributed by atoms with Crippen LogP contribution in [0.1, 0.15) is 16.5 Å². The molecule has 0 aliphatic carbocycles. The van der Waals surface area contributed by atoms with Gasteiger partial charge in [0.1, 0.15) is 17.6 Å². The van der Waals surface area contributed by atoms with Gasteiger partial charge in [-0.15, -0.1) is 11.3 Å². The van der Waals surface area contributed by atoms with E-state index in [1.54, 1.807) is 11.3 Å². The van der Waals surface area contributed by atoms with Crippen LogP contribution in [0.4, 0.5) is 0 Å². The largest absolute Gasteiger partial charge is 0.458 e. The van der Waals surface area contributed by atoms with E-state index in [0.717, 1.165) is 16.2 Å². The second kappa shape index (κ2) is 3.77. The maximum atomic E-state index is 10.1. The van der Waals surface area contributed by atoms with Crippen LogP contribution >= 0.6 is 11.3 Å². The molecule has 1 aromatic heterocycles. The highest BCUT2D eigenvalue weighted by atomic mass is 32.1. The van der Waals surface area contributed by atoms with Gasteiger partial charge in [0, 0.05) is 10.4 Å². The molecule has 0 saturated heterocycles. The van der Waals surface area contributed by atoms with Gasteiger partial charge >= 0.3 is 0 Å². The fourth-order valence-corrected chi connectivity index (χ4v) is 2.41. The molecule has 1 atom stereocenters. The average Bonchev–Trinajstić information content (AvgIpc) is 2.90. The Hall–Kier alpha value is -1.58. The van der Waals surface area contributed by atoms with Gasteiger partial charge in [-0.1, -0.05) is 24.3 Å². The fourth-order valence-electron chi connectivity index (χ4n) is 1.76.